The molecule has 0 unspecified atom stereocenters. The predicted molar refractivity (Wildman–Crippen MR) is 81.7 cm³/mol. The molecule has 0 aliphatic heterocycles. The first-order valence-electron chi connectivity index (χ1n) is 6.80. The van der Waals surface area contributed by atoms with Crippen molar-refractivity contribution in [2.24, 2.45) is 0 Å². The highest BCUT2D eigenvalue weighted by Gasteiger charge is 2.09. The molecule has 112 valence electrons. The van der Waals surface area contributed by atoms with Crippen LogP contribution in [-0.2, 0) is 4.79 Å². The van der Waals surface area contributed by atoms with E-state index in [9.17, 15) is 9.59 Å². The molecule has 0 aliphatic carbocycles. The number of nitrogens with zero attached hydrogens (tertiary/aromatic N) is 1. The third-order valence-corrected chi connectivity index (χ3v) is 3.60. The van der Waals surface area contributed by atoms with Gasteiger partial charge in [-0.05, 0) is 13.3 Å². The number of nitrogen functional groups attached to an aromatic ring is 1. The van der Waals surface area contributed by atoms with Crippen molar-refractivity contribution in [3.63, 3.8) is 0 Å². The van der Waals surface area contributed by atoms with Crippen LogP contribution < -0.4 is 16.6 Å². The Kier molecular flexibility index (Phi) is 7.14. The lowest BCUT2D eigenvalue weighted by Crippen LogP contribution is -2.33. The predicted octanol–water partition coefficient (Wildman–Crippen LogP) is 1.53. The average molecular weight is 298 g/mol. The Balaban J connectivity index is 2.33. The number of carbonyl (C=O) groups excluding carboxylic acids is 1. The van der Waals surface area contributed by atoms with E-state index in [1.54, 1.807) is 0 Å². The van der Waals surface area contributed by atoms with E-state index in [1.165, 1.54) is 30.7 Å². The molecule has 6 nitrogen and oxygen atoms in total. The maximum Gasteiger partial charge on any atom is 0.253 e. The molecule has 1 aromatic rings. The fourth-order valence-corrected chi connectivity index (χ4v) is 2.44. The summed E-state index contributed by atoms with van der Waals surface area (Å²) in [6.45, 7) is 4.15. The van der Waals surface area contributed by atoms with E-state index in [2.05, 4.69) is 22.2 Å². The summed E-state index contributed by atoms with van der Waals surface area (Å²) in [6.07, 6.45) is 4.46. The molecule has 0 aliphatic rings. The van der Waals surface area contributed by atoms with Gasteiger partial charge in [-0.25, -0.2) is 4.98 Å². The van der Waals surface area contributed by atoms with E-state index in [4.69, 9.17) is 5.73 Å². The highest BCUT2D eigenvalue weighted by Crippen LogP contribution is 2.11. The Morgan fingerprint density at radius 3 is 2.95 bits per heavy atom. The first-order valence-corrected chi connectivity index (χ1v) is 7.78. The molecular formula is C13H22N4O2S. The van der Waals surface area contributed by atoms with Crippen LogP contribution in [0.1, 0.15) is 39.5 Å². The van der Waals surface area contributed by atoms with Crippen LogP contribution in [0, 0.1) is 0 Å². The van der Waals surface area contributed by atoms with Gasteiger partial charge < -0.3 is 16.0 Å². The number of thioether (sulfide) groups is 1. The minimum absolute atomic E-state index is 0.0657. The number of hydrogen-bond donors (Lipinski definition) is 3. The summed E-state index contributed by atoms with van der Waals surface area (Å²) in [6, 6.07) is 1.38. The second-order valence-corrected chi connectivity index (χ2v) is 5.69. The molecule has 0 spiro atoms. The largest absolute Gasteiger partial charge is 0.383 e. The van der Waals surface area contributed by atoms with E-state index in [1.807, 2.05) is 6.92 Å². The third kappa shape index (κ3) is 6.60. The van der Waals surface area contributed by atoms with Gasteiger partial charge in [0.2, 0.25) is 5.91 Å². The van der Waals surface area contributed by atoms with E-state index in [0.29, 0.717) is 5.16 Å². The Labute approximate surface area is 122 Å². The minimum atomic E-state index is -0.312. The summed E-state index contributed by atoms with van der Waals surface area (Å²) in [4.78, 5) is 29.4. The molecule has 4 N–H and O–H groups in total. The maximum absolute atomic E-state index is 11.7. The number of amides is 1. The third-order valence-electron chi connectivity index (χ3n) is 2.73. The van der Waals surface area contributed by atoms with Crippen LogP contribution in [-0.4, -0.2) is 27.7 Å². The molecule has 0 bridgehead atoms. The van der Waals surface area contributed by atoms with Crippen LogP contribution in [0.2, 0.25) is 0 Å². The monoisotopic (exact) mass is 298 g/mol. The average Bonchev–Trinajstić information content (AvgIpc) is 2.35. The molecule has 0 fully saturated rings. The van der Waals surface area contributed by atoms with Gasteiger partial charge in [-0.15, -0.1) is 0 Å². The number of nitrogens with two attached hydrogens (primary N) is 1. The summed E-state index contributed by atoms with van der Waals surface area (Å²) in [5, 5.41) is 3.29. The highest BCUT2D eigenvalue weighted by molar-refractivity contribution is 7.99. The molecule has 1 heterocycles. The first-order chi connectivity index (χ1) is 9.51. The Morgan fingerprint density at radius 2 is 2.30 bits per heavy atom. The van der Waals surface area contributed by atoms with Crippen LogP contribution in [0.5, 0.6) is 0 Å². The van der Waals surface area contributed by atoms with Crippen molar-refractivity contribution in [2.45, 2.75) is 50.7 Å². The van der Waals surface area contributed by atoms with Gasteiger partial charge in [0.15, 0.2) is 5.16 Å². The summed E-state index contributed by atoms with van der Waals surface area (Å²) < 4.78 is 0. The number of hydrogen-bond acceptors (Lipinski definition) is 5. The van der Waals surface area contributed by atoms with Crippen molar-refractivity contribution in [2.75, 3.05) is 11.5 Å². The fourth-order valence-electron chi connectivity index (χ4n) is 1.74. The van der Waals surface area contributed by atoms with E-state index >= 15 is 0 Å². The second-order valence-electron chi connectivity index (χ2n) is 4.73. The Hall–Kier alpha value is -1.50. The molecule has 1 atom stereocenters. The summed E-state index contributed by atoms with van der Waals surface area (Å²) in [7, 11) is 0. The molecule has 1 rings (SSSR count). The molecular weight excluding hydrogens is 276 g/mol. The topological polar surface area (TPSA) is 101 Å². The molecule has 0 radical (unpaired) electrons. The standard InChI is InChI=1S/C13H22N4O2S/c1-3-4-5-6-9(2)15-12(19)8-20-13-16-10(14)7-11(18)17-13/h7,9H,3-6,8H2,1-2H3,(H,15,19)(H3,14,16,17,18)/t9-/m1/s1. The summed E-state index contributed by atoms with van der Waals surface area (Å²) in [5.41, 5.74) is 5.16. The Morgan fingerprint density at radius 1 is 1.55 bits per heavy atom. The fraction of sp³-hybridized carbons (Fsp3) is 0.615. The molecule has 0 aromatic carbocycles. The zero-order valence-corrected chi connectivity index (χ0v) is 12.8. The number of carbonyl (C=O) groups is 1. The van der Waals surface area contributed by atoms with Gasteiger partial charge in [0, 0.05) is 12.1 Å². The number of anilines is 1. The molecule has 7 heteroatoms. The number of H-pyrrole nitrogens is 1. The van der Waals surface area contributed by atoms with Crippen molar-refractivity contribution >= 4 is 23.5 Å². The van der Waals surface area contributed by atoms with Crippen molar-refractivity contribution in [1.82, 2.24) is 15.3 Å². The zero-order valence-electron chi connectivity index (χ0n) is 11.9. The van der Waals surface area contributed by atoms with Crippen molar-refractivity contribution < 1.29 is 4.79 Å². The number of unbranched alkanes of at least 4 members (excludes halogenated alkanes) is 2. The van der Waals surface area contributed by atoms with Gasteiger partial charge in [-0.2, -0.15) is 0 Å². The summed E-state index contributed by atoms with van der Waals surface area (Å²) >= 11 is 1.17. The van der Waals surface area contributed by atoms with Crippen LogP contribution >= 0.6 is 11.8 Å². The zero-order chi connectivity index (χ0) is 15.0. The van der Waals surface area contributed by atoms with Crippen molar-refractivity contribution in [1.29, 1.82) is 0 Å². The van der Waals surface area contributed by atoms with Crippen LogP contribution in [0.3, 0.4) is 0 Å². The lowest BCUT2D eigenvalue weighted by molar-refractivity contribution is -0.119. The van der Waals surface area contributed by atoms with Gasteiger partial charge in [0.25, 0.3) is 5.56 Å². The van der Waals surface area contributed by atoms with E-state index in [-0.39, 0.29) is 29.1 Å². The van der Waals surface area contributed by atoms with E-state index < -0.39 is 0 Å². The SMILES string of the molecule is CCCCC[C@@H](C)NC(=O)CSc1nc(N)cc(=O)[nH]1. The maximum atomic E-state index is 11.7. The lowest BCUT2D eigenvalue weighted by Gasteiger charge is -2.13. The number of aromatic amines is 1. The van der Waals surface area contributed by atoms with Crippen LogP contribution in [0.25, 0.3) is 0 Å². The summed E-state index contributed by atoms with van der Waals surface area (Å²) in [5.74, 6) is 0.304. The molecule has 1 amide bonds. The van der Waals surface area contributed by atoms with Gasteiger partial charge in [-0.3, -0.25) is 9.59 Å². The van der Waals surface area contributed by atoms with Gasteiger partial charge in [-0.1, -0.05) is 37.9 Å². The van der Waals surface area contributed by atoms with Gasteiger partial charge in [0.05, 0.1) is 5.75 Å². The smallest absolute Gasteiger partial charge is 0.253 e. The number of nitrogens with one attached hydrogen (secondary N) is 2. The van der Waals surface area contributed by atoms with Gasteiger partial charge >= 0.3 is 0 Å². The van der Waals surface area contributed by atoms with Crippen molar-refractivity contribution in [3.8, 4) is 0 Å². The normalized spacial score (nSPS) is 12.1. The van der Waals surface area contributed by atoms with Crippen LogP contribution in [0.15, 0.2) is 16.0 Å². The Bertz CT molecular complexity index is 490. The number of aromatic nitrogens is 2. The molecule has 0 saturated heterocycles. The van der Waals surface area contributed by atoms with E-state index in [0.717, 1.165) is 12.8 Å². The molecule has 20 heavy (non-hydrogen) atoms. The number of rotatable bonds is 8. The highest BCUT2D eigenvalue weighted by atomic mass is 32.2. The quantitative estimate of drug-likeness (QED) is 0.384. The van der Waals surface area contributed by atoms with Crippen molar-refractivity contribution in [3.05, 3.63) is 16.4 Å². The second kappa shape index (κ2) is 8.63. The van der Waals surface area contributed by atoms with Gasteiger partial charge in [0.1, 0.15) is 5.82 Å². The van der Waals surface area contributed by atoms with Crippen LogP contribution in [0.4, 0.5) is 5.82 Å². The minimum Gasteiger partial charge on any atom is -0.383 e. The lowest BCUT2D eigenvalue weighted by atomic mass is 10.1. The molecule has 1 aromatic heterocycles. The molecule has 0 saturated carbocycles. The first kappa shape index (κ1) is 16.6.